The zero-order valence-corrected chi connectivity index (χ0v) is 14.6. The van der Waals surface area contributed by atoms with Crippen LogP contribution in [0.1, 0.15) is 30.3 Å². The molecular formula is C18H24N4S. The van der Waals surface area contributed by atoms with Gasteiger partial charge < -0.3 is 10.6 Å². The quantitative estimate of drug-likeness (QED) is 0.629. The summed E-state index contributed by atoms with van der Waals surface area (Å²) < 4.78 is 0. The molecule has 0 atom stereocenters. The van der Waals surface area contributed by atoms with Crippen molar-refractivity contribution in [3.8, 4) is 10.6 Å². The van der Waals surface area contributed by atoms with Crippen LogP contribution < -0.4 is 10.6 Å². The summed E-state index contributed by atoms with van der Waals surface area (Å²) >= 11 is 1.74. The molecule has 1 aromatic carbocycles. The van der Waals surface area contributed by atoms with Gasteiger partial charge in [0.25, 0.3) is 0 Å². The molecule has 1 saturated carbocycles. The number of hydrogen-bond acceptors (Lipinski definition) is 3. The Balaban J connectivity index is 1.68. The third kappa shape index (κ3) is 4.55. The molecule has 0 saturated heterocycles. The molecule has 5 heteroatoms. The van der Waals surface area contributed by atoms with Crippen molar-refractivity contribution in [1.29, 1.82) is 0 Å². The fourth-order valence-corrected chi connectivity index (χ4v) is 3.33. The molecule has 0 aliphatic heterocycles. The number of aliphatic imine (C=N–C) groups is 1. The molecule has 3 rings (SSSR count). The summed E-state index contributed by atoms with van der Waals surface area (Å²) in [5, 5.41) is 7.82. The van der Waals surface area contributed by atoms with Crippen molar-refractivity contribution in [3.05, 3.63) is 40.9 Å². The molecule has 0 spiro atoms. The lowest BCUT2D eigenvalue weighted by Crippen LogP contribution is -2.38. The number of thiazole rings is 1. The molecule has 2 N–H and O–H groups in total. The highest BCUT2D eigenvalue weighted by molar-refractivity contribution is 7.15. The minimum Gasteiger partial charge on any atom is -0.357 e. The van der Waals surface area contributed by atoms with Crippen LogP contribution in [0.4, 0.5) is 0 Å². The van der Waals surface area contributed by atoms with E-state index in [0.717, 1.165) is 35.7 Å². The molecular weight excluding hydrogens is 304 g/mol. The number of nitrogens with zero attached hydrogens (tertiary/aromatic N) is 2. The second-order valence-corrected chi connectivity index (χ2v) is 7.00. The van der Waals surface area contributed by atoms with E-state index in [-0.39, 0.29) is 0 Å². The number of guanidine groups is 1. The van der Waals surface area contributed by atoms with Crippen LogP contribution in [0.2, 0.25) is 0 Å². The maximum atomic E-state index is 4.72. The van der Waals surface area contributed by atoms with E-state index >= 15 is 0 Å². The number of rotatable bonds is 6. The monoisotopic (exact) mass is 328 g/mol. The summed E-state index contributed by atoms with van der Waals surface area (Å²) in [5.41, 5.74) is 2.25. The van der Waals surface area contributed by atoms with Crippen molar-refractivity contribution >= 4 is 17.3 Å². The highest BCUT2D eigenvalue weighted by Gasteiger charge is 2.21. The van der Waals surface area contributed by atoms with Crippen LogP contribution in [0.15, 0.2) is 35.3 Å². The second kappa shape index (κ2) is 7.59. The summed E-state index contributed by atoms with van der Waals surface area (Å²) in [6, 6.07) is 10.3. The van der Waals surface area contributed by atoms with Gasteiger partial charge in [0.05, 0.1) is 12.2 Å². The first-order valence-corrected chi connectivity index (χ1v) is 9.11. The van der Waals surface area contributed by atoms with Crippen molar-refractivity contribution < 1.29 is 0 Å². The largest absolute Gasteiger partial charge is 0.357 e. The van der Waals surface area contributed by atoms with Crippen molar-refractivity contribution in [3.63, 3.8) is 0 Å². The number of benzene rings is 1. The van der Waals surface area contributed by atoms with Crippen LogP contribution in [0, 0.1) is 12.8 Å². The molecule has 1 aromatic heterocycles. The Labute approximate surface area is 142 Å². The minimum atomic E-state index is 0.677. The summed E-state index contributed by atoms with van der Waals surface area (Å²) in [5.74, 6) is 1.75. The predicted octanol–water partition coefficient (Wildman–Crippen LogP) is 3.58. The smallest absolute Gasteiger partial charge is 0.191 e. The number of nitrogens with one attached hydrogen (secondary N) is 2. The first-order chi connectivity index (χ1) is 11.3. The molecule has 0 radical (unpaired) electrons. The Kier molecular flexibility index (Phi) is 5.28. The molecule has 2 aromatic rings. The molecule has 122 valence electrons. The van der Waals surface area contributed by atoms with Gasteiger partial charge in [0.15, 0.2) is 5.96 Å². The van der Waals surface area contributed by atoms with Crippen LogP contribution in [0.5, 0.6) is 0 Å². The molecule has 1 fully saturated rings. The highest BCUT2D eigenvalue weighted by atomic mass is 32.1. The van der Waals surface area contributed by atoms with E-state index in [9.17, 15) is 0 Å². The molecule has 1 heterocycles. The van der Waals surface area contributed by atoms with Gasteiger partial charge in [-0.15, -0.1) is 11.3 Å². The standard InChI is InChI=1S/C18H24N4S/c1-3-19-18(20-11-14-9-10-14)21-12-16-13(2)22-17(23-16)15-7-5-4-6-8-15/h4-8,14H,3,9-12H2,1-2H3,(H2,19,20,21). The van der Waals surface area contributed by atoms with Crippen molar-refractivity contribution in [2.75, 3.05) is 13.1 Å². The lowest BCUT2D eigenvalue weighted by Gasteiger charge is -2.10. The normalized spacial score (nSPS) is 14.8. The van der Waals surface area contributed by atoms with Gasteiger partial charge in [-0.3, -0.25) is 0 Å². The maximum Gasteiger partial charge on any atom is 0.191 e. The van der Waals surface area contributed by atoms with E-state index in [1.807, 2.05) is 6.07 Å². The van der Waals surface area contributed by atoms with E-state index in [1.165, 1.54) is 23.3 Å². The number of hydrogen-bond donors (Lipinski definition) is 2. The zero-order valence-electron chi connectivity index (χ0n) is 13.8. The van der Waals surface area contributed by atoms with Crippen LogP contribution in [-0.4, -0.2) is 24.0 Å². The van der Waals surface area contributed by atoms with Crippen molar-refractivity contribution in [2.45, 2.75) is 33.2 Å². The third-order valence-electron chi connectivity index (χ3n) is 3.89. The predicted molar refractivity (Wildman–Crippen MR) is 97.8 cm³/mol. The second-order valence-electron chi connectivity index (χ2n) is 5.91. The average Bonchev–Trinajstić information content (AvgIpc) is 3.33. The van der Waals surface area contributed by atoms with Crippen LogP contribution in [0.3, 0.4) is 0 Å². The topological polar surface area (TPSA) is 49.3 Å². The van der Waals surface area contributed by atoms with Crippen LogP contribution in [-0.2, 0) is 6.54 Å². The van der Waals surface area contributed by atoms with E-state index in [1.54, 1.807) is 11.3 Å². The van der Waals surface area contributed by atoms with Gasteiger partial charge in [-0.1, -0.05) is 30.3 Å². The van der Waals surface area contributed by atoms with E-state index in [4.69, 9.17) is 9.98 Å². The number of aromatic nitrogens is 1. The Hall–Kier alpha value is -1.88. The average molecular weight is 328 g/mol. The fourth-order valence-electron chi connectivity index (χ4n) is 2.33. The zero-order chi connectivity index (χ0) is 16.1. The molecule has 4 nitrogen and oxygen atoms in total. The molecule has 0 amide bonds. The van der Waals surface area contributed by atoms with Crippen molar-refractivity contribution in [1.82, 2.24) is 15.6 Å². The summed E-state index contributed by atoms with van der Waals surface area (Å²) in [6.45, 7) is 6.75. The molecule has 23 heavy (non-hydrogen) atoms. The Bertz CT molecular complexity index is 659. The highest BCUT2D eigenvalue weighted by Crippen LogP contribution is 2.28. The Morgan fingerprint density at radius 1 is 1.26 bits per heavy atom. The van der Waals surface area contributed by atoms with Gasteiger partial charge >= 0.3 is 0 Å². The maximum absolute atomic E-state index is 4.72. The van der Waals surface area contributed by atoms with Gasteiger partial charge in [0.2, 0.25) is 0 Å². The lowest BCUT2D eigenvalue weighted by molar-refractivity contribution is 0.739. The SMILES string of the molecule is CCNC(=NCc1sc(-c2ccccc2)nc1C)NCC1CC1. The van der Waals surface area contributed by atoms with Gasteiger partial charge in [0.1, 0.15) is 5.01 Å². The van der Waals surface area contributed by atoms with Gasteiger partial charge in [-0.2, -0.15) is 0 Å². The Morgan fingerprint density at radius 3 is 2.74 bits per heavy atom. The summed E-state index contributed by atoms with van der Waals surface area (Å²) in [4.78, 5) is 10.6. The lowest BCUT2D eigenvalue weighted by atomic mass is 10.2. The van der Waals surface area contributed by atoms with E-state index < -0.39 is 0 Å². The fraction of sp³-hybridized carbons (Fsp3) is 0.444. The minimum absolute atomic E-state index is 0.677. The molecule has 1 aliphatic rings. The van der Waals surface area contributed by atoms with E-state index in [2.05, 4.69) is 48.7 Å². The van der Waals surface area contributed by atoms with Crippen molar-refractivity contribution in [2.24, 2.45) is 10.9 Å². The first kappa shape index (κ1) is 16.0. The van der Waals surface area contributed by atoms with E-state index in [0.29, 0.717) is 6.54 Å². The Morgan fingerprint density at radius 2 is 2.04 bits per heavy atom. The van der Waals surface area contributed by atoms with Gasteiger partial charge in [-0.05, 0) is 32.6 Å². The van der Waals surface area contributed by atoms with Gasteiger partial charge in [-0.25, -0.2) is 9.98 Å². The summed E-state index contributed by atoms with van der Waals surface area (Å²) in [7, 11) is 0. The molecule has 0 bridgehead atoms. The molecule has 1 aliphatic carbocycles. The van der Waals surface area contributed by atoms with Gasteiger partial charge in [0, 0.05) is 23.5 Å². The van der Waals surface area contributed by atoms with Crippen LogP contribution in [0.25, 0.3) is 10.6 Å². The van der Waals surface area contributed by atoms with Crippen LogP contribution >= 0.6 is 11.3 Å². The number of aryl methyl sites for hydroxylation is 1. The molecule has 0 unspecified atom stereocenters. The first-order valence-electron chi connectivity index (χ1n) is 8.30. The third-order valence-corrected chi connectivity index (χ3v) is 5.08. The summed E-state index contributed by atoms with van der Waals surface area (Å²) in [6.07, 6.45) is 2.70.